The molecule has 0 amide bonds. The molecule has 0 radical (unpaired) electrons. The van der Waals surface area contributed by atoms with Crippen molar-refractivity contribution in [1.29, 1.82) is 0 Å². The fourth-order valence-electron chi connectivity index (χ4n) is 1.71. The lowest BCUT2D eigenvalue weighted by Crippen LogP contribution is -2.21. The van der Waals surface area contributed by atoms with Crippen molar-refractivity contribution in [1.82, 2.24) is 5.32 Å². The maximum absolute atomic E-state index is 10.8. The van der Waals surface area contributed by atoms with Crippen LogP contribution in [0.1, 0.15) is 25.3 Å². The Kier molecular flexibility index (Phi) is 3.49. The molecule has 0 heterocycles. The average Bonchev–Trinajstić information content (AvgIpc) is 2.99. The van der Waals surface area contributed by atoms with E-state index in [1.807, 2.05) is 6.07 Å². The quantitative estimate of drug-likeness (QED) is 0.670. The Morgan fingerprint density at radius 3 is 2.82 bits per heavy atom. The number of nitro groups is 1. The number of nitro benzene ring substituents is 1. The van der Waals surface area contributed by atoms with Crippen LogP contribution in [0.4, 0.5) is 5.69 Å². The van der Waals surface area contributed by atoms with Gasteiger partial charge in [0, 0.05) is 19.2 Å². The molecule has 0 aromatic heterocycles. The number of hydrogen-bond acceptors (Lipinski definition) is 3. The average molecular weight is 299 g/mol. The van der Waals surface area contributed by atoms with Crippen molar-refractivity contribution in [3.8, 4) is 0 Å². The molecule has 92 valence electrons. The summed E-state index contributed by atoms with van der Waals surface area (Å²) in [7, 11) is 0. The van der Waals surface area contributed by atoms with Gasteiger partial charge in [0.25, 0.3) is 5.69 Å². The van der Waals surface area contributed by atoms with Gasteiger partial charge in [-0.25, -0.2) is 0 Å². The summed E-state index contributed by atoms with van der Waals surface area (Å²) in [5, 5.41) is 14.1. The molecule has 17 heavy (non-hydrogen) atoms. The Morgan fingerprint density at radius 2 is 2.24 bits per heavy atom. The highest BCUT2D eigenvalue weighted by atomic mass is 79.9. The van der Waals surface area contributed by atoms with Crippen LogP contribution in [0.5, 0.6) is 0 Å². The fraction of sp³-hybridized carbons (Fsp3) is 0.500. The molecule has 1 fully saturated rings. The minimum absolute atomic E-state index is 0.127. The van der Waals surface area contributed by atoms with E-state index in [-0.39, 0.29) is 10.6 Å². The van der Waals surface area contributed by atoms with Crippen molar-refractivity contribution >= 4 is 21.6 Å². The van der Waals surface area contributed by atoms with Gasteiger partial charge in [-0.2, -0.15) is 0 Å². The monoisotopic (exact) mass is 298 g/mol. The Morgan fingerprint density at radius 1 is 1.53 bits per heavy atom. The van der Waals surface area contributed by atoms with E-state index >= 15 is 0 Å². The van der Waals surface area contributed by atoms with E-state index in [4.69, 9.17) is 0 Å². The van der Waals surface area contributed by atoms with Gasteiger partial charge < -0.3 is 5.32 Å². The number of rotatable bonds is 5. The van der Waals surface area contributed by atoms with Crippen LogP contribution in [0.15, 0.2) is 22.7 Å². The second kappa shape index (κ2) is 4.74. The molecule has 0 aliphatic heterocycles. The summed E-state index contributed by atoms with van der Waals surface area (Å²) in [6, 6.07) is 5.25. The summed E-state index contributed by atoms with van der Waals surface area (Å²) < 4.78 is 0.528. The predicted molar refractivity (Wildman–Crippen MR) is 69.8 cm³/mol. The van der Waals surface area contributed by atoms with E-state index in [9.17, 15) is 10.1 Å². The first-order valence-electron chi connectivity index (χ1n) is 5.64. The van der Waals surface area contributed by atoms with Gasteiger partial charge in [-0.1, -0.05) is 13.0 Å². The van der Waals surface area contributed by atoms with Crippen LogP contribution in [-0.2, 0) is 6.54 Å². The van der Waals surface area contributed by atoms with Crippen LogP contribution in [0.2, 0.25) is 0 Å². The SMILES string of the molecule is CC1(CNCc2ccc(Br)c([N+](=O)[O-])c2)CC1. The van der Waals surface area contributed by atoms with Crippen LogP contribution < -0.4 is 5.32 Å². The van der Waals surface area contributed by atoms with Gasteiger partial charge in [0.1, 0.15) is 0 Å². The molecular weight excluding hydrogens is 284 g/mol. The standard InChI is InChI=1S/C12H15BrN2O2/c1-12(4-5-12)8-14-7-9-2-3-10(13)11(6-9)15(16)17/h2-3,6,14H,4-5,7-8H2,1H3. The van der Waals surface area contributed by atoms with Crippen molar-refractivity contribution in [2.24, 2.45) is 5.41 Å². The van der Waals surface area contributed by atoms with Crippen molar-refractivity contribution in [2.45, 2.75) is 26.3 Å². The molecule has 1 aliphatic rings. The van der Waals surface area contributed by atoms with Gasteiger partial charge >= 0.3 is 0 Å². The fourth-order valence-corrected chi connectivity index (χ4v) is 2.10. The molecule has 0 bridgehead atoms. The smallest absolute Gasteiger partial charge is 0.283 e. The highest BCUT2D eigenvalue weighted by Gasteiger charge is 2.36. The van der Waals surface area contributed by atoms with Gasteiger partial charge in [0.2, 0.25) is 0 Å². The summed E-state index contributed by atoms with van der Waals surface area (Å²) in [5.41, 5.74) is 1.53. The lowest BCUT2D eigenvalue weighted by molar-refractivity contribution is -0.385. The first-order chi connectivity index (χ1) is 8.00. The predicted octanol–water partition coefficient (Wildman–Crippen LogP) is 3.25. The second-order valence-corrected chi connectivity index (χ2v) is 5.81. The molecule has 0 atom stereocenters. The Hall–Kier alpha value is -0.940. The highest BCUT2D eigenvalue weighted by Crippen LogP contribution is 2.44. The Bertz CT molecular complexity index is 444. The number of benzene rings is 1. The molecule has 1 aromatic rings. The molecule has 5 heteroatoms. The second-order valence-electron chi connectivity index (χ2n) is 4.96. The number of nitrogens with zero attached hydrogens (tertiary/aromatic N) is 1. The van der Waals surface area contributed by atoms with E-state index in [1.165, 1.54) is 12.8 Å². The molecule has 1 saturated carbocycles. The molecule has 0 spiro atoms. The van der Waals surface area contributed by atoms with E-state index in [0.717, 1.165) is 12.1 Å². The van der Waals surface area contributed by atoms with E-state index in [0.29, 0.717) is 16.4 Å². The maximum atomic E-state index is 10.8. The molecule has 1 aliphatic carbocycles. The van der Waals surface area contributed by atoms with Crippen molar-refractivity contribution in [3.63, 3.8) is 0 Å². The summed E-state index contributed by atoms with van der Waals surface area (Å²) in [6.07, 6.45) is 2.56. The lowest BCUT2D eigenvalue weighted by atomic mass is 10.1. The van der Waals surface area contributed by atoms with E-state index in [1.54, 1.807) is 12.1 Å². The Labute approximate surface area is 109 Å². The molecule has 1 N–H and O–H groups in total. The van der Waals surface area contributed by atoms with Gasteiger partial charge in [0.05, 0.1) is 9.40 Å². The molecule has 2 rings (SSSR count). The zero-order valence-corrected chi connectivity index (χ0v) is 11.3. The molecule has 0 unspecified atom stereocenters. The minimum atomic E-state index is -0.365. The van der Waals surface area contributed by atoms with E-state index in [2.05, 4.69) is 28.2 Å². The molecule has 1 aromatic carbocycles. The largest absolute Gasteiger partial charge is 0.312 e. The van der Waals surface area contributed by atoms with Crippen LogP contribution in [0, 0.1) is 15.5 Å². The van der Waals surface area contributed by atoms with E-state index < -0.39 is 0 Å². The molecule has 0 saturated heterocycles. The third-order valence-corrected chi connectivity index (χ3v) is 3.86. The normalized spacial score (nSPS) is 16.8. The summed E-state index contributed by atoms with van der Waals surface area (Å²) >= 11 is 3.18. The van der Waals surface area contributed by atoms with Crippen molar-refractivity contribution in [2.75, 3.05) is 6.54 Å². The number of nitrogens with one attached hydrogen (secondary N) is 1. The highest BCUT2D eigenvalue weighted by molar-refractivity contribution is 9.10. The zero-order valence-electron chi connectivity index (χ0n) is 9.70. The van der Waals surface area contributed by atoms with Crippen molar-refractivity contribution < 1.29 is 4.92 Å². The summed E-state index contributed by atoms with van der Waals surface area (Å²) in [5.74, 6) is 0. The van der Waals surface area contributed by atoms with Crippen molar-refractivity contribution in [3.05, 3.63) is 38.3 Å². The van der Waals surface area contributed by atoms with Gasteiger partial charge in [-0.05, 0) is 45.8 Å². The third-order valence-electron chi connectivity index (χ3n) is 3.19. The van der Waals surface area contributed by atoms with Gasteiger partial charge in [0.15, 0.2) is 0 Å². The first-order valence-corrected chi connectivity index (χ1v) is 6.43. The zero-order chi connectivity index (χ0) is 12.5. The lowest BCUT2D eigenvalue weighted by Gasteiger charge is -2.10. The van der Waals surface area contributed by atoms with Gasteiger partial charge in [-0.15, -0.1) is 0 Å². The molecular formula is C12H15BrN2O2. The number of hydrogen-bond donors (Lipinski definition) is 1. The maximum Gasteiger partial charge on any atom is 0.283 e. The first kappa shape index (κ1) is 12.5. The third kappa shape index (κ3) is 3.26. The van der Waals surface area contributed by atoms with Gasteiger partial charge in [-0.3, -0.25) is 10.1 Å². The summed E-state index contributed by atoms with van der Waals surface area (Å²) in [4.78, 5) is 10.4. The minimum Gasteiger partial charge on any atom is -0.312 e. The number of halogens is 1. The summed E-state index contributed by atoms with van der Waals surface area (Å²) in [6.45, 7) is 3.92. The van der Waals surface area contributed by atoms with Crippen LogP contribution in [-0.4, -0.2) is 11.5 Å². The van der Waals surface area contributed by atoms with Crippen LogP contribution in [0.25, 0.3) is 0 Å². The van der Waals surface area contributed by atoms with Crippen LogP contribution >= 0.6 is 15.9 Å². The molecule has 4 nitrogen and oxygen atoms in total. The Balaban J connectivity index is 1.96. The topological polar surface area (TPSA) is 55.2 Å². The van der Waals surface area contributed by atoms with Crippen LogP contribution in [0.3, 0.4) is 0 Å².